The van der Waals surface area contributed by atoms with E-state index in [-0.39, 0.29) is 0 Å². The van der Waals surface area contributed by atoms with E-state index < -0.39 is 0 Å². The maximum Gasteiger partial charge on any atom is 0.0841 e. The Hall–Kier alpha value is -1.01. The molecule has 0 atom stereocenters. The Bertz CT molecular complexity index is 120. The van der Waals surface area contributed by atoms with Crippen LogP contribution >= 0.6 is 0 Å². The van der Waals surface area contributed by atoms with Crippen molar-refractivity contribution in [2.45, 2.75) is 6.92 Å². The molecule has 0 aromatic heterocycles. The summed E-state index contributed by atoms with van der Waals surface area (Å²) in [6, 6.07) is 0. The molecule has 0 aliphatic heterocycles. The maximum absolute atomic E-state index is 7.95. The average Bonchev–Trinajstić information content (AvgIpc) is 1.68. The van der Waals surface area contributed by atoms with Crippen LogP contribution in [0.5, 0.6) is 0 Å². The van der Waals surface area contributed by atoms with Gasteiger partial charge in [-0.3, -0.25) is 0 Å². The fraction of sp³-hybridized carbons (Fsp3) is 0.200. The molecule has 0 spiro atoms. The van der Waals surface area contributed by atoms with Crippen molar-refractivity contribution in [3.63, 3.8) is 0 Å². The Labute approximate surface area is 42.5 Å². The molecule has 0 radical (unpaired) electrons. The average molecular weight is 97.1 g/mol. The highest BCUT2D eigenvalue weighted by Crippen LogP contribution is 1.72. The third-order valence-electron chi connectivity index (χ3n) is 0.469. The molecule has 0 saturated carbocycles. The van der Waals surface area contributed by atoms with Crippen LogP contribution in [0.15, 0.2) is 23.5 Å². The number of allylic oxidation sites excluding steroid dienone is 1. The molecule has 0 aliphatic rings. The highest BCUT2D eigenvalue weighted by atomic mass is 16.4. The van der Waals surface area contributed by atoms with Gasteiger partial charge in [0, 0.05) is 6.08 Å². The Morgan fingerprint density at radius 1 is 2.00 bits per heavy atom. The van der Waals surface area contributed by atoms with Crippen LogP contribution in [0.3, 0.4) is 0 Å². The minimum absolute atomic E-state index is 0.509. The predicted molar refractivity (Wildman–Crippen MR) is 28.6 cm³/mol. The molecule has 0 heterocycles. The molecule has 0 aromatic rings. The second-order valence-corrected chi connectivity index (χ2v) is 1.09. The van der Waals surface area contributed by atoms with Crippen molar-refractivity contribution in [3.8, 4) is 0 Å². The number of hydrogen-bond donors (Lipinski definition) is 1. The minimum atomic E-state index is 0.509. The largest absolute Gasteiger partial charge is 0.411 e. The highest BCUT2D eigenvalue weighted by Gasteiger charge is 1.73. The van der Waals surface area contributed by atoms with Gasteiger partial charge in [0.2, 0.25) is 0 Å². The van der Waals surface area contributed by atoms with Gasteiger partial charge in [0.1, 0.15) is 0 Å². The van der Waals surface area contributed by atoms with Crippen molar-refractivity contribution >= 4 is 5.71 Å². The molecule has 2 nitrogen and oxygen atoms in total. The van der Waals surface area contributed by atoms with E-state index in [0.29, 0.717) is 5.71 Å². The van der Waals surface area contributed by atoms with E-state index in [2.05, 4.69) is 17.5 Å². The summed E-state index contributed by atoms with van der Waals surface area (Å²) in [5.41, 5.74) is 2.96. The summed E-state index contributed by atoms with van der Waals surface area (Å²) in [7, 11) is 0. The van der Waals surface area contributed by atoms with Crippen LogP contribution in [0.4, 0.5) is 0 Å². The smallest absolute Gasteiger partial charge is 0.0841 e. The molecule has 0 bridgehead atoms. The summed E-state index contributed by atoms with van der Waals surface area (Å²) in [5.74, 6) is 0. The number of nitrogens with zero attached hydrogens (tertiary/aromatic N) is 1. The summed E-state index contributed by atoms with van der Waals surface area (Å²) in [6.07, 6.45) is 1.49. The molecule has 7 heavy (non-hydrogen) atoms. The van der Waals surface area contributed by atoms with Gasteiger partial charge >= 0.3 is 0 Å². The number of rotatable bonds is 1. The summed E-state index contributed by atoms with van der Waals surface area (Å²) in [6.45, 7) is 4.93. The van der Waals surface area contributed by atoms with Crippen molar-refractivity contribution in [2.24, 2.45) is 5.16 Å². The van der Waals surface area contributed by atoms with Gasteiger partial charge in [-0.1, -0.05) is 11.7 Å². The fourth-order valence-corrected chi connectivity index (χ4v) is 0.177. The lowest BCUT2D eigenvalue weighted by atomic mass is 10.4. The van der Waals surface area contributed by atoms with Gasteiger partial charge in [-0.2, -0.15) is 0 Å². The molecule has 1 N–H and O–H groups in total. The zero-order valence-electron chi connectivity index (χ0n) is 4.18. The first-order valence-electron chi connectivity index (χ1n) is 1.85. The van der Waals surface area contributed by atoms with Crippen LogP contribution < -0.4 is 0 Å². The van der Waals surface area contributed by atoms with E-state index >= 15 is 0 Å². The molecule has 38 valence electrons. The predicted octanol–water partition coefficient (Wildman–Crippen LogP) is 1.18. The SMILES string of the molecule is C=C=CC(C)=NO. The molecular weight excluding hydrogens is 90.1 g/mol. The van der Waals surface area contributed by atoms with Crippen LogP contribution in [-0.2, 0) is 0 Å². The third-order valence-corrected chi connectivity index (χ3v) is 0.469. The molecule has 0 aliphatic carbocycles. The Morgan fingerprint density at radius 3 is 2.71 bits per heavy atom. The van der Waals surface area contributed by atoms with Crippen molar-refractivity contribution in [1.82, 2.24) is 0 Å². The first kappa shape index (κ1) is 5.99. The van der Waals surface area contributed by atoms with E-state index in [0.717, 1.165) is 0 Å². The normalized spacial score (nSPS) is 10.1. The van der Waals surface area contributed by atoms with E-state index in [1.54, 1.807) is 6.92 Å². The van der Waals surface area contributed by atoms with Gasteiger partial charge in [-0.05, 0) is 6.92 Å². The van der Waals surface area contributed by atoms with Gasteiger partial charge < -0.3 is 5.21 Å². The molecule has 0 saturated heterocycles. The maximum atomic E-state index is 7.95. The molecule has 0 unspecified atom stereocenters. The molecule has 2 heteroatoms. The first-order valence-corrected chi connectivity index (χ1v) is 1.85. The van der Waals surface area contributed by atoms with Crippen molar-refractivity contribution < 1.29 is 5.21 Å². The Balaban J connectivity index is 3.82. The molecule has 0 amide bonds. The zero-order chi connectivity index (χ0) is 5.70. The lowest BCUT2D eigenvalue weighted by molar-refractivity contribution is 0.319. The van der Waals surface area contributed by atoms with Crippen LogP contribution in [0, 0.1) is 0 Å². The lowest BCUT2D eigenvalue weighted by Gasteiger charge is -1.76. The van der Waals surface area contributed by atoms with Crippen molar-refractivity contribution in [2.75, 3.05) is 0 Å². The molecule has 0 rings (SSSR count). The van der Waals surface area contributed by atoms with E-state index in [4.69, 9.17) is 5.21 Å². The Morgan fingerprint density at radius 2 is 2.57 bits per heavy atom. The van der Waals surface area contributed by atoms with Gasteiger partial charge in [-0.25, -0.2) is 0 Å². The van der Waals surface area contributed by atoms with Crippen LogP contribution in [0.25, 0.3) is 0 Å². The summed E-state index contributed by atoms with van der Waals surface area (Å²) < 4.78 is 0. The van der Waals surface area contributed by atoms with Crippen LogP contribution in [0.1, 0.15) is 6.92 Å². The Kier molecular flexibility index (Phi) is 2.73. The summed E-state index contributed by atoms with van der Waals surface area (Å²) in [4.78, 5) is 0. The van der Waals surface area contributed by atoms with Gasteiger partial charge in [0.25, 0.3) is 0 Å². The summed E-state index contributed by atoms with van der Waals surface area (Å²) >= 11 is 0. The summed E-state index contributed by atoms with van der Waals surface area (Å²) in [5, 5.41) is 10.8. The topological polar surface area (TPSA) is 32.6 Å². The van der Waals surface area contributed by atoms with Crippen molar-refractivity contribution in [3.05, 3.63) is 18.4 Å². The van der Waals surface area contributed by atoms with Gasteiger partial charge in [0.15, 0.2) is 0 Å². The standard InChI is InChI=1S/C5H7NO/c1-3-4-5(2)6-7/h4,7H,1H2,2H3. The second-order valence-electron chi connectivity index (χ2n) is 1.09. The van der Waals surface area contributed by atoms with E-state index in [9.17, 15) is 0 Å². The first-order chi connectivity index (χ1) is 3.31. The zero-order valence-corrected chi connectivity index (χ0v) is 4.18. The highest BCUT2D eigenvalue weighted by molar-refractivity contribution is 5.91. The van der Waals surface area contributed by atoms with E-state index in [1.165, 1.54) is 6.08 Å². The van der Waals surface area contributed by atoms with Gasteiger partial charge in [-0.15, -0.1) is 5.73 Å². The second kappa shape index (κ2) is 3.19. The van der Waals surface area contributed by atoms with Crippen LogP contribution in [-0.4, -0.2) is 10.9 Å². The molecule has 0 aromatic carbocycles. The monoisotopic (exact) mass is 97.1 g/mol. The third kappa shape index (κ3) is 2.80. The molecular formula is C5H7NO. The van der Waals surface area contributed by atoms with E-state index in [1.807, 2.05) is 0 Å². The van der Waals surface area contributed by atoms with Gasteiger partial charge in [0.05, 0.1) is 5.71 Å². The fourth-order valence-electron chi connectivity index (χ4n) is 0.177. The number of oxime groups is 1. The molecule has 0 fully saturated rings. The van der Waals surface area contributed by atoms with Crippen molar-refractivity contribution in [1.29, 1.82) is 0 Å². The lowest BCUT2D eigenvalue weighted by Crippen LogP contribution is -1.79. The minimum Gasteiger partial charge on any atom is -0.411 e. The quantitative estimate of drug-likeness (QED) is 0.226. The van der Waals surface area contributed by atoms with Crippen LogP contribution in [0.2, 0.25) is 0 Å². The number of hydrogen-bond acceptors (Lipinski definition) is 2.